The molecule has 2 fully saturated rings. The fourth-order valence-electron chi connectivity index (χ4n) is 4.49. The van der Waals surface area contributed by atoms with Crippen LogP contribution in [0.2, 0.25) is 0 Å². The number of rotatable bonds is 4. The fourth-order valence-corrected chi connectivity index (χ4v) is 4.49. The number of benzene rings is 1. The Bertz CT molecular complexity index is 545. The molecule has 1 amide bonds. The molecule has 2 aliphatic rings. The Hall–Kier alpha value is -1.59. The van der Waals surface area contributed by atoms with Crippen molar-refractivity contribution in [3.05, 3.63) is 35.9 Å². The van der Waals surface area contributed by atoms with Gasteiger partial charge in [0.15, 0.2) is 0 Å². The van der Waals surface area contributed by atoms with Crippen LogP contribution in [0.25, 0.3) is 0 Å². The van der Waals surface area contributed by atoms with E-state index in [4.69, 9.17) is 0 Å². The summed E-state index contributed by atoms with van der Waals surface area (Å²) in [6.45, 7) is 10.3. The molecule has 0 aliphatic carbocycles. The van der Waals surface area contributed by atoms with Gasteiger partial charge in [-0.25, -0.2) is 4.79 Å². The molecule has 1 aromatic rings. The van der Waals surface area contributed by atoms with Crippen molar-refractivity contribution in [2.24, 2.45) is 5.92 Å². The van der Waals surface area contributed by atoms with Crippen LogP contribution in [0.1, 0.15) is 32.3 Å². The predicted molar refractivity (Wildman–Crippen MR) is 99.7 cm³/mol. The normalized spacial score (nSPS) is 26.7. The molecule has 0 radical (unpaired) electrons. The maximum Gasteiger partial charge on any atom is 0.407 e. The highest BCUT2D eigenvalue weighted by Gasteiger charge is 2.33. The Kier molecular flexibility index (Phi) is 5.97. The van der Waals surface area contributed by atoms with Gasteiger partial charge in [-0.05, 0) is 51.3 Å². The molecule has 2 aliphatic heterocycles. The Morgan fingerprint density at radius 1 is 1.04 bits per heavy atom. The molecule has 0 saturated carbocycles. The quantitative estimate of drug-likeness (QED) is 0.911. The van der Waals surface area contributed by atoms with Gasteiger partial charge >= 0.3 is 6.09 Å². The van der Waals surface area contributed by atoms with E-state index in [1.807, 2.05) is 13.8 Å². The van der Waals surface area contributed by atoms with E-state index in [2.05, 4.69) is 40.1 Å². The molecule has 2 saturated heterocycles. The van der Waals surface area contributed by atoms with Gasteiger partial charge in [0.2, 0.25) is 0 Å². The summed E-state index contributed by atoms with van der Waals surface area (Å²) in [7, 11) is 0. The van der Waals surface area contributed by atoms with Crippen LogP contribution in [0.5, 0.6) is 0 Å². The number of carboxylic acid groups (broad SMARTS) is 1. The lowest BCUT2D eigenvalue weighted by molar-refractivity contribution is 0.0289. The van der Waals surface area contributed by atoms with Crippen molar-refractivity contribution in [1.29, 1.82) is 0 Å². The van der Waals surface area contributed by atoms with E-state index < -0.39 is 6.09 Å². The smallest absolute Gasteiger partial charge is 0.407 e. The number of likely N-dealkylation sites (tertiary alicyclic amines) is 1. The summed E-state index contributed by atoms with van der Waals surface area (Å²) < 4.78 is 0. The van der Waals surface area contributed by atoms with Gasteiger partial charge in [-0.15, -0.1) is 0 Å². The lowest BCUT2D eigenvalue weighted by atomic mass is 9.94. The Morgan fingerprint density at radius 2 is 1.64 bits per heavy atom. The third-order valence-electron chi connectivity index (χ3n) is 5.69. The van der Waals surface area contributed by atoms with Crippen molar-refractivity contribution in [2.45, 2.75) is 45.3 Å². The molecule has 3 rings (SSSR count). The first kappa shape index (κ1) is 18.2. The minimum Gasteiger partial charge on any atom is -0.465 e. The molecule has 5 heteroatoms. The second-order valence-corrected chi connectivity index (χ2v) is 7.81. The third kappa shape index (κ3) is 4.73. The molecule has 1 N–H and O–H groups in total. The van der Waals surface area contributed by atoms with Gasteiger partial charge in [-0.3, -0.25) is 9.80 Å². The Labute approximate surface area is 151 Å². The largest absolute Gasteiger partial charge is 0.465 e. The molecule has 5 nitrogen and oxygen atoms in total. The van der Waals surface area contributed by atoms with Gasteiger partial charge < -0.3 is 10.0 Å². The second kappa shape index (κ2) is 8.19. The molecular weight excluding hydrogens is 314 g/mol. The van der Waals surface area contributed by atoms with Crippen LogP contribution < -0.4 is 0 Å². The Balaban J connectivity index is 1.44. The van der Waals surface area contributed by atoms with E-state index >= 15 is 0 Å². The van der Waals surface area contributed by atoms with E-state index in [-0.39, 0.29) is 12.1 Å². The van der Waals surface area contributed by atoms with Gasteiger partial charge in [-0.2, -0.15) is 0 Å². The average Bonchev–Trinajstić information content (AvgIpc) is 2.56. The van der Waals surface area contributed by atoms with Gasteiger partial charge in [-0.1, -0.05) is 30.3 Å². The summed E-state index contributed by atoms with van der Waals surface area (Å²) in [4.78, 5) is 18.0. The van der Waals surface area contributed by atoms with E-state index in [0.717, 1.165) is 32.1 Å². The lowest BCUT2D eigenvalue weighted by Crippen LogP contribution is -2.59. The first-order valence-electron chi connectivity index (χ1n) is 9.53. The standard InChI is InChI=1S/C20H31N3O2/c1-16-12-22(13-17(2)23(16)20(24)25)15-19-8-10-21(11-9-19)14-18-6-4-3-5-7-18/h3-7,16-17,19H,8-15H2,1-2H3,(H,24,25). The van der Waals surface area contributed by atoms with Crippen molar-refractivity contribution in [3.8, 4) is 0 Å². The molecule has 25 heavy (non-hydrogen) atoms. The molecule has 138 valence electrons. The van der Waals surface area contributed by atoms with Crippen LogP contribution in [0, 0.1) is 5.92 Å². The summed E-state index contributed by atoms with van der Waals surface area (Å²) in [5, 5.41) is 9.34. The van der Waals surface area contributed by atoms with Crippen LogP contribution in [-0.2, 0) is 6.54 Å². The van der Waals surface area contributed by atoms with E-state index in [9.17, 15) is 9.90 Å². The maximum atomic E-state index is 11.4. The lowest BCUT2D eigenvalue weighted by Gasteiger charge is -2.44. The van der Waals surface area contributed by atoms with Crippen LogP contribution in [-0.4, -0.2) is 70.7 Å². The number of amides is 1. The Morgan fingerprint density at radius 3 is 2.20 bits per heavy atom. The molecule has 0 spiro atoms. The number of piperidine rings is 1. The fraction of sp³-hybridized carbons (Fsp3) is 0.650. The summed E-state index contributed by atoms with van der Waals surface area (Å²) in [5.41, 5.74) is 1.40. The second-order valence-electron chi connectivity index (χ2n) is 7.81. The van der Waals surface area contributed by atoms with Crippen LogP contribution in [0.15, 0.2) is 30.3 Å². The number of carbonyl (C=O) groups is 1. The SMILES string of the molecule is CC1CN(CC2CCN(Cc3ccccc3)CC2)CC(C)N1C(=O)O. The first-order chi connectivity index (χ1) is 12.0. The molecule has 2 heterocycles. The highest BCUT2D eigenvalue weighted by molar-refractivity contribution is 5.66. The summed E-state index contributed by atoms with van der Waals surface area (Å²) in [5.74, 6) is 0.739. The van der Waals surface area contributed by atoms with Crippen molar-refractivity contribution >= 4 is 6.09 Å². The zero-order valence-corrected chi connectivity index (χ0v) is 15.5. The summed E-state index contributed by atoms with van der Waals surface area (Å²) >= 11 is 0. The van der Waals surface area contributed by atoms with Gasteiger partial charge in [0, 0.05) is 38.3 Å². The highest BCUT2D eigenvalue weighted by Crippen LogP contribution is 2.23. The topological polar surface area (TPSA) is 47.0 Å². The zero-order valence-electron chi connectivity index (χ0n) is 15.5. The van der Waals surface area contributed by atoms with Gasteiger partial charge in [0.25, 0.3) is 0 Å². The van der Waals surface area contributed by atoms with Crippen LogP contribution >= 0.6 is 0 Å². The average molecular weight is 345 g/mol. The minimum absolute atomic E-state index is 0.0828. The number of nitrogens with zero attached hydrogens (tertiary/aromatic N) is 3. The molecule has 1 aromatic carbocycles. The predicted octanol–water partition coefficient (Wildman–Crippen LogP) is 2.97. The van der Waals surface area contributed by atoms with E-state index in [0.29, 0.717) is 0 Å². The van der Waals surface area contributed by atoms with Crippen molar-refractivity contribution in [3.63, 3.8) is 0 Å². The molecule has 2 atom stereocenters. The first-order valence-corrected chi connectivity index (χ1v) is 9.53. The number of piperazine rings is 1. The maximum absolute atomic E-state index is 11.4. The number of hydrogen-bond acceptors (Lipinski definition) is 3. The van der Waals surface area contributed by atoms with Crippen molar-refractivity contribution in [2.75, 3.05) is 32.7 Å². The summed E-state index contributed by atoms with van der Waals surface area (Å²) in [6, 6.07) is 10.9. The van der Waals surface area contributed by atoms with Crippen LogP contribution in [0.4, 0.5) is 4.79 Å². The van der Waals surface area contributed by atoms with Crippen molar-refractivity contribution < 1.29 is 9.90 Å². The minimum atomic E-state index is -0.783. The van der Waals surface area contributed by atoms with E-state index in [1.54, 1.807) is 4.90 Å². The van der Waals surface area contributed by atoms with Crippen molar-refractivity contribution in [1.82, 2.24) is 14.7 Å². The summed E-state index contributed by atoms with van der Waals surface area (Å²) in [6.07, 6.45) is 1.71. The molecule has 0 aromatic heterocycles. The zero-order chi connectivity index (χ0) is 17.8. The molecule has 2 unspecified atom stereocenters. The number of hydrogen-bond donors (Lipinski definition) is 1. The third-order valence-corrected chi connectivity index (χ3v) is 5.69. The van der Waals surface area contributed by atoms with Gasteiger partial charge in [0.1, 0.15) is 0 Å². The van der Waals surface area contributed by atoms with Gasteiger partial charge in [0.05, 0.1) is 0 Å². The monoisotopic (exact) mass is 345 g/mol. The molecule has 0 bridgehead atoms. The van der Waals surface area contributed by atoms with Crippen LogP contribution in [0.3, 0.4) is 0 Å². The molecular formula is C20H31N3O2. The van der Waals surface area contributed by atoms with E-state index in [1.165, 1.54) is 31.5 Å². The highest BCUT2D eigenvalue weighted by atomic mass is 16.4.